The molecule has 0 spiro atoms. The van der Waals surface area contributed by atoms with Crippen molar-refractivity contribution in [3.63, 3.8) is 0 Å². The van der Waals surface area contributed by atoms with Gasteiger partial charge in [0.05, 0.1) is 6.04 Å². The Morgan fingerprint density at radius 3 is 2.79 bits per heavy atom. The second kappa shape index (κ2) is 5.27. The number of nitrogens with one attached hydrogen (secondary N) is 1. The highest BCUT2D eigenvalue weighted by Crippen LogP contribution is 2.23. The number of aromatic nitrogens is 1. The third-order valence-electron chi connectivity index (χ3n) is 1.95. The van der Waals surface area contributed by atoms with E-state index in [1.54, 1.807) is 0 Å². The third kappa shape index (κ3) is 2.93. The Kier molecular flexibility index (Phi) is 4.29. The van der Waals surface area contributed by atoms with Crippen molar-refractivity contribution in [1.82, 2.24) is 10.3 Å². The molecule has 1 unspecified atom stereocenters. The Balaban J connectivity index is 3.01. The molecule has 1 rings (SSSR count). The van der Waals surface area contributed by atoms with Crippen molar-refractivity contribution in [2.75, 3.05) is 7.05 Å². The largest absolute Gasteiger partial charge is 0.310 e. The van der Waals surface area contributed by atoms with E-state index < -0.39 is 0 Å². The van der Waals surface area contributed by atoms with Gasteiger partial charge in [0.2, 0.25) is 0 Å². The number of halogens is 1. The highest BCUT2D eigenvalue weighted by molar-refractivity contribution is 9.10. The average Bonchev–Trinajstić information content (AvgIpc) is 2.15. The van der Waals surface area contributed by atoms with Crippen LogP contribution >= 0.6 is 15.9 Å². The third-order valence-corrected chi connectivity index (χ3v) is 2.61. The van der Waals surface area contributed by atoms with E-state index in [0.29, 0.717) is 0 Å². The van der Waals surface area contributed by atoms with Gasteiger partial charge in [0, 0.05) is 16.9 Å². The summed E-state index contributed by atoms with van der Waals surface area (Å²) in [5, 5.41) is 3.26. The Hall–Kier alpha value is -0.670. The van der Waals surface area contributed by atoms with E-state index >= 15 is 0 Å². The molecular formula is C11H15BrN2. The lowest BCUT2D eigenvalue weighted by Crippen LogP contribution is -2.14. The molecule has 2 nitrogen and oxygen atoms in total. The van der Waals surface area contributed by atoms with Crippen molar-refractivity contribution in [3.05, 3.63) is 40.1 Å². The minimum Gasteiger partial charge on any atom is -0.310 e. The van der Waals surface area contributed by atoms with Crippen molar-refractivity contribution < 1.29 is 0 Å². The first-order valence-corrected chi connectivity index (χ1v) is 5.36. The van der Waals surface area contributed by atoms with Crippen LogP contribution in [0.15, 0.2) is 34.6 Å². The lowest BCUT2D eigenvalue weighted by molar-refractivity contribution is 0.705. The van der Waals surface area contributed by atoms with Gasteiger partial charge in [0.1, 0.15) is 0 Å². The molecule has 0 aromatic carbocycles. The number of hydrogen-bond donors (Lipinski definition) is 1. The predicted molar refractivity (Wildman–Crippen MR) is 63.2 cm³/mol. The van der Waals surface area contributed by atoms with Gasteiger partial charge in [0.25, 0.3) is 0 Å². The number of rotatable bonds is 3. The van der Waals surface area contributed by atoms with Crippen LogP contribution in [-0.4, -0.2) is 12.0 Å². The van der Waals surface area contributed by atoms with Crippen LogP contribution in [0.4, 0.5) is 0 Å². The summed E-state index contributed by atoms with van der Waals surface area (Å²) in [4.78, 5) is 4.05. The number of nitrogens with zero attached hydrogens (tertiary/aromatic N) is 1. The van der Waals surface area contributed by atoms with Crippen LogP contribution in [-0.2, 0) is 0 Å². The normalized spacial score (nSPS) is 12.3. The van der Waals surface area contributed by atoms with E-state index in [1.165, 1.54) is 11.1 Å². The molecule has 0 bridgehead atoms. The zero-order chi connectivity index (χ0) is 10.6. The molecule has 0 aliphatic heterocycles. The van der Waals surface area contributed by atoms with Crippen molar-refractivity contribution >= 4 is 15.9 Å². The molecule has 1 atom stereocenters. The van der Waals surface area contributed by atoms with Crippen molar-refractivity contribution in [2.45, 2.75) is 19.9 Å². The van der Waals surface area contributed by atoms with Crippen LogP contribution in [0.5, 0.6) is 0 Å². The zero-order valence-electron chi connectivity index (χ0n) is 8.71. The van der Waals surface area contributed by atoms with Crippen LogP contribution in [0.3, 0.4) is 0 Å². The van der Waals surface area contributed by atoms with Gasteiger partial charge < -0.3 is 5.32 Å². The molecule has 3 heteroatoms. The fourth-order valence-corrected chi connectivity index (χ4v) is 1.80. The van der Waals surface area contributed by atoms with Crippen LogP contribution in [0, 0.1) is 0 Å². The summed E-state index contributed by atoms with van der Waals surface area (Å²) < 4.78 is 1.04. The molecule has 0 saturated heterocycles. The van der Waals surface area contributed by atoms with Gasteiger partial charge in [-0.25, -0.2) is 0 Å². The quantitative estimate of drug-likeness (QED) is 0.839. The fraction of sp³-hybridized carbons (Fsp3) is 0.364. The summed E-state index contributed by atoms with van der Waals surface area (Å²) in [7, 11) is 1.96. The number of pyridine rings is 1. The van der Waals surface area contributed by atoms with E-state index in [-0.39, 0.29) is 6.04 Å². The summed E-state index contributed by atoms with van der Waals surface area (Å²) in [6.07, 6.45) is 5.82. The second-order valence-corrected chi connectivity index (χ2v) is 4.26. The molecule has 1 heterocycles. The first-order chi connectivity index (χ1) is 6.65. The minimum absolute atomic E-state index is 0.248. The molecule has 0 fully saturated rings. The summed E-state index contributed by atoms with van der Waals surface area (Å²) in [5.41, 5.74) is 2.51. The SMILES string of the molecule is CNC(C=C(C)C)c1ccncc1Br. The summed E-state index contributed by atoms with van der Waals surface area (Å²) in [5.74, 6) is 0. The first kappa shape index (κ1) is 11.4. The van der Waals surface area contributed by atoms with Gasteiger partial charge in [-0.05, 0) is 48.5 Å². The number of likely N-dealkylation sites (N-methyl/N-ethyl adjacent to an activating group) is 1. The van der Waals surface area contributed by atoms with Crippen molar-refractivity contribution in [2.24, 2.45) is 0 Å². The number of allylic oxidation sites excluding steroid dienone is 1. The molecule has 14 heavy (non-hydrogen) atoms. The Labute approximate surface area is 93.6 Å². The molecule has 1 N–H and O–H groups in total. The molecule has 0 aliphatic carbocycles. The molecule has 0 saturated carbocycles. The van der Waals surface area contributed by atoms with Crippen LogP contribution in [0.1, 0.15) is 25.5 Å². The van der Waals surface area contributed by atoms with E-state index in [0.717, 1.165) is 4.47 Å². The topological polar surface area (TPSA) is 24.9 Å². The molecule has 0 aliphatic rings. The average molecular weight is 255 g/mol. The monoisotopic (exact) mass is 254 g/mol. The maximum absolute atomic E-state index is 4.05. The number of hydrogen-bond acceptors (Lipinski definition) is 2. The molecular weight excluding hydrogens is 240 g/mol. The smallest absolute Gasteiger partial charge is 0.0518 e. The standard InChI is InChI=1S/C11H15BrN2/c1-8(2)6-11(13-3)9-4-5-14-7-10(9)12/h4-7,11,13H,1-3H3. The van der Waals surface area contributed by atoms with E-state index in [4.69, 9.17) is 0 Å². The van der Waals surface area contributed by atoms with E-state index in [9.17, 15) is 0 Å². The Morgan fingerprint density at radius 2 is 2.29 bits per heavy atom. The van der Waals surface area contributed by atoms with Gasteiger partial charge in [-0.15, -0.1) is 0 Å². The Morgan fingerprint density at radius 1 is 1.57 bits per heavy atom. The zero-order valence-corrected chi connectivity index (χ0v) is 10.3. The van der Waals surface area contributed by atoms with E-state index in [1.807, 2.05) is 25.5 Å². The second-order valence-electron chi connectivity index (χ2n) is 3.41. The van der Waals surface area contributed by atoms with Crippen LogP contribution in [0.25, 0.3) is 0 Å². The highest BCUT2D eigenvalue weighted by atomic mass is 79.9. The molecule has 76 valence electrons. The summed E-state index contributed by atoms with van der Waals surface area (Å²) >= 11 is 3.50. The van der Waals surface area contributed by atoms with Crippen molar-refractivity contribution in [3.8, 4) is 0 Å². The molecule has 1 aromatic heterocycles. The van der Waals surface area contributed by atoms with Crippen LogP contribution in [0.2, 0.25) is 0 Å². The highest BCUT2D eigenvalue weighted by Gasteiger charge is 2.08. The lowest BCUT2D eigenvalue weighted by atomic mass is 10.1. The summed E-state index contributed by atoms with van der Waals surface area (Å²) in [6.45, 7) is 4.19. The maximum atomic E-state index is 4.05. The maximum Gasteiger partial charge on any atom is 0.0518 e. The Bertz CT molecular complexity index is 330. The van der Waals surface area contributed by atoms with Crippen LogP contribution < -0.4 is 5.32 Å². The van der Waals surface area contributed by atoms with Crippen molar-refractivity contribution in [1.29, 1.82) is 0 Å². The summed E-state index contributed by atoms with van der Waals surface area (Å²) in [6, 6.07) is 2.27. The molecule has 0 amide bonds. The van der Waals surface area contributed by atoms with Gasteiger partial charge in [-0.3, -0.25) is 4.98 Å². The fourth-order valence-electron chi connectivity index (χ4n) is 1.30. The van der Waals surface area contributed by atoms with Gasteiger partial charge in [-0.1, -0.05) is 11.6 Å². The van der Waals surface area contributed by atoms with E-state index in [2.05, 4.69) is 46.2 Å². The first-order valence-electron chi connectivity index (χ1n) is 4.57. The predicted octanol–water partition coefficient (Wildman–Crippen LogP) is 3.07. The van der Waals surface area contributed by atoms with Gasteiger partial charge >= 0.3 is 0 Å². The molecule has 1 aromatic rings. The lowest BCUT2D eigenvalue weighted by Gasteiger charge is -2.14. The van der Waals surface area contributed by atoms with Gasteiger partial charge in [0.15, 0.2) is 0 Å². The molecule has 0 radical (unpaired) electrons. The minimum atomic E-state index is 0.248. The van der Waals surface area contributed by atoms with Gasteiger partial charge in [-0.2, -0.15) is 0 Å².